The first kappa shape index (κ1) is 18.5. The molecule has 0 spiro atoms. The highest BCUT2D eigenvalue weighted by Gasteiger charge is 2.25. The van der Waals surface area contributed by atoms with Gasteiger partial charge in [0.15, 0.2) is 0 Å². The Bertz CT molecular complexity index is 1090. The Balaban J connectivity index is 1.36. The zero-order valence-electron chi connectivity index (χ0n) is 15.5. The Labute approximate surface area is 166 Å². The van der Waals surface area contributed by atoms with Gasteiger partial charge in [0.1, 0.15) is 0 Å². The molecule has 0 radical (unpaired) electrons. The zero-order chi connectivity index (χ0) is 20.4. The third-order valence-electron chi connectivity index (χ3n) is 4.96. The van der Waals surface area contributed by atoms with Gasteiger partial charge in [-0.15, -0.1) is 0 Å². The van der Waals surface area contributed by atoms with Gasteiger partial charge in [-0.2, -0.15) is 0 Å². The van der Waals surface area contributed by atoms with Crippen LogP contribution in [-0.2, 0) is 0 Å². The predicted octanol–water partition coefficient (Wildman–Crippen LogP) is 3.07. The second kappa shape index (κ2) is 7.63. The first-order valence-electron chi connectivity index (χ1n) is 9.18. The van der Waals surface area contributed by atoms with Crippen LogP contribution in [0.15, 0.2) is 54.7 Å². The summed E-state index contributed by atoms with van der Waals surface area (Å²) in [5.74, 6) is -0.272. The summed E-state index contributed by atoms with van der Waals surface area (Å²) < 4.78 is 0. The largest absolute Gasteiger partial charge is 0.361 e. The number of rotatable bonds is 3. The van der Waals surface area contributed by atoms with E-state index in [0.717, 1.165) is 10.9 Å². The number of amides is 3. The molecule has 1 aliphatic heterocycles. The van der Waals surface area contributed by atoms with Crippen molar-refractivity contribution in [2.75, 3.05) is 31.5 Å². The molecule has 0 aliphatic carbocycles. The van der Waals surface area contributed by atoms with Crippen molar-refractivity contribution in [3.63, 3.8) is 0 Å². The van der Waals surface area contributed by atoms with Crippen molar-refractivity contribution >= 4 is 34.2 Å². The fraction of sp³-hybridized carbons (Fsp3) is 0.200. The van der Waals surface area contributed by atoms with E-state index in [1.807, 2.05) is 30.5 Å². The number of carbonyl (C=O) groups excluding carboxylic acids is 2. The van der Waals surface area contributed by atoms with E-state index in [-0.39, 0.29) is 23.2 Å². The maximum absolute atomic E-state index is 12.6. The van der Waals surface area contributed by atoms with Crippen LogP contribution in [0.5, 0.6) is 0 Å². The number of urea groups is 1. The lowest BCUT2D eigenvalue weighted by Gasteiger charge is -2.34. The molecule has 2 N–H and O–H groups in total. The minimum atomic E-state index is -0.524. The third kappa shape index (κ3) is 3.88. The van der Waals surface area contributed by atoms with Crippen LogP contribution in [0.2, 0.25) is 0 Å². The van der Waals surface area contributed by atoms with Crippen LogP contribution in [0.1, 0.15) is 10.4 Å². The molecule has 148 valence electrons. The molecule has 1 saturated heterocycles. The molecule has 0 atom stereocenters. The fourth-order valence-corrected chi connectivity index (χ4v) is 3.38. The molecule has 2 heterocycles. The van der Waals surface area contributed by atoms with Gasteiger partial charge in [0, 0.05) is 61.3 Å². The summed E-state index contributed by atoms with van der Waals surface area (Å²) in [6, 6.07) is 13.1. The van der Waals surface area contributed by atoms with Gasteiger partial charge in [-0.05, 0) is 29.7 Å². The zero-order valence-corrected chi connectivity index (χ0v) is 15.5. The summed E-state index contributed by atoms with van der Waals surface area (Å²) >= 11 is 0. The number of nitro groups is 1. The van der Waals surface area contributed by atoms with Crippen LogP contribution in [0.3, 0.4) is 0 Å². The average Bonchev–Trinajstić information content (AvgIpc) is 3.21. The lowest BCUT2D eigenvalue weighted by molar-refractivity contribution is -0.384. The second-order valence-corrected chi connectivity index (χ2v) is 6.80. The van der Waals surface area contributed by atoms with Crippen molar-refractivity contribution < 1.29 is 14.5 Å². The molecule has 1 fully saturated rings. The van der Waals surface area contributed by atoms with Gasteiger partial charge in [-0.25, -0.2) is 4.79 Å². The van der Waals surface area contributed by atoms with Crippen LogP contribution in [0.4, 0.5) is 16.2 Å². The van der Waals surface area contributed by atoms with Gasteiger partial charge in [0.2, 0.25) is 0 Å². The summed E-state index contributed by atoms with van der Waals surface area (Å²) in [6.07, 6.45) is 1.84. The molecule has 4 rings (SSSR count). The first-order chi connectivity index (χ1) is 14.0. The summed E-state index contributed by atoms with van der Waals surface area (Å²) in [5, 5.41) is 14.8. The lowest BCUT2D eigenvalue weighted by atomic mass is 10.1. The number of piperazine rings is 1. The van der Waals surface area contributed by atoms with E-state index in [9.17, 15) is 19.7 Å². The number of aromatic amines is 1. The number of non-ortho nitro benzene ring substituents is 1. The van der Waals surface area contributed by atoms with E-state index in [2.05, 4.69) is 10.3 Å². The molecule has 2 aromatic carbocycles. The summed E-state index contributed by atoms with van der Waals surface area (Å²) in [6.45, 7) is 1.50. The number of anilines is 1. The van der Waals surface area contributed by atoms with Crippen molar-refractivity contribution in [1.29, 1.82) is 0 Å². The quantitative estimate of drug-likeness (QED) is 0.526. The van der Waals surface area contributed by atoms with E-state index >= 15 is 0 Å². The first-order valence-corrected chi connectivity index (χ1v) is 9.18. The van der Waals surface area contributed by atoms with Gasteiger partial charge in [0.05, 0.1) is 4.92 Å². The Morgan fingerprint density at radius 1 is 1.00 bits per heavy atom. The van der Waals surface area contributed by atoms with Gasteiger partial charge >= 0.3 is 6.03 Å². The normalized spacial score (nSPS) is 14.1. The Morgan fingerprint density at radius 2 is 1.76 bits per heavy atom. The molecule has 1 aromatic heterocycles. The molecule has 1 aliphatic rings. The van der Waals surface area contributed by atoms with Gasteiger partial charge in [-0.3, -0.25) is 14.9 Å². The number of benzene rings is 2. The molecule has 9 heteroatoms. The number of carbonyl (C=O) groups is 2. The van der Waals surface area contributed by atoms with Crippen molar-refractivity contribution in [2.45, 2.75) is 0 Å². The minimum Gasteiger partial charge on any atom is -0.361 e. The van der Waals surface area contributed by atoms with Crippen molar-refractivity contribution in [3.8, 4) is 0 Å². The molecule has 0 bridgehead atoms. The van der Waals surface area contributed by atoms with Crippen LogP contribution in [0, 0.1) is 10.1 Å². The Morgan fingerprint density at radius 3 is 2.52 bits per heavy atom. The van der Waals surface area contributed by atoms with Crippen LogP contribution < -0.4 is 5.32 Å². The standard InChI is InChI=1S/C20H19N5O4/c26-19(15-2-1-3-17(12-15)25(28)29)23-8-10-24(11-9-23)20(27)22-16-5-4-14-6-7-21-18(14)13-16/h1-7,12-13,21H,8-11H2,(H,22,27). The topological polar surface area (TPSA) is 112 Å². The SMILES string of the molecule is O=C(Nc1ccc2cc[nH]c2c1)N1CCN(C(=O)c2cccc([N+](=O)[O-])c2)CC1. The highest BCUT2D eigenvalue weighted by molar-refractivity contribution is 5.95. The maximum atomic E-state index is 12.6. The Hall–Kier alpha value is -3.88. The summed E-state index contributed by atoms with van der Waals surface area (Å²) in [4.78, 5) is 41.9. The van der Waals surface area contributed by atoms with Crippen LogP contribution >= 0.6 is 0 Å². The number of nitro benzene ring substituents is 1. The van der Waals surface area contributed by atoms with E-state index < -0.39 is 4.92 Å². The van der Waals surface area contributed by atoms with Crippen LogP contribution in [0.25, 0.3) is 10.9 Å². The fourth-order valence-electron chi connectivity index (χ4n) is 3.38. The maximum Gasteiger partial charge on any atom is 0.321 e. The van der Waals surface area contributed by atoms with E-state index in [1.54, 1.807) is 15.9 Å². The monoisotopic (exact) mass is 393 g/mol. The summed E-state index contributed by atoms with van der Waals surface area (Å²) in [5.41, 5.74) is 1.79. The third-order valence-corrected chi connectivity index (χ3v) is 4.96. The Kier molecular flexibility index (Phi) is 4.86. The second-order valence-electron chi connectivity index (χ2n) is 6.80. The number of aromatic nitrogens is 1. The van der Waals surface area contributed by atoms with Gasteiger partial charge < -0.3 is 20.1 Å². The molecular formula is C20H19N5O4. The average molecular weight is 393 g/mol. The number of hydrogen-bond donors (Lipinski definition) is 2. The smallest absolute Gasteiger partial charge is 0.321 e. The van der Waals surface area contributed by atoms with E-state index in [4.69, 9.17) is 0 Å². The molecule has 9 nitrogen and oxygen atoms in total. The molecule has 3 amide bonds. The minimum absolute atomic E-state index is 0.118. The van der Waals surface area contributed by atoms with E-state index in [1.165, 1.54) is 18.2 Å². The number of nitrogens with one attached hydrogen (secondary N) is 2. The molecular weight excluding hydrogens is 374 g/mol. The van der Waals surface area contributed by atoms with Crippen molar-refractivity contribution in [3.05, 3.63) is 70.4 Å². The highest BCUT2D eigenvalue weighted by atomic mass is 16.6. The number of hydrogen-bond acceptors (Lipinski definition) is 4. The lowest BCUT2D eigenvalue weighted by Crippen LogP contribution is -2.51. The number of nitrogens with zero attached hydrogens (tertiary/aromatic N) is 3. The van der Waals surface area contributed by atoms with Crippen molar-refractivity contribution in [1.82, 2.24) is 14.8 Å². The molecule has 0 saturated carbocycles. The predicted molar refractivity (Wildman–Crippen MR) is 108 cm³/mol. The van der Waals surface area contributed by atoms with Gasteiger partial charge in [0.25, 0.3) is 11.6 Å². The van der Waals surface area contributed by atoms with E-state index in [0.29, 0.717) is 31.9 Å². The van der Waals surface area contributed by atoms with Gasteiger partial charge in [-0.1, -0.05) is 12.1 Å². The van der Waals surface area contributed by atoms with Crippen molar-refractivity contribution in [2.24, 2.45) is 0 Å². The number of fused-ring (bicyclic) bond motifs is 1. The summed E-state index contributed by atoms with van der Waals surface area (Å²) in [7, 11) is 0. The van der Waals surface area contributed by atoms with Crippen LogP contribution in [-0.4, -0.2) is 57.8 Å². The highest BCUT2D eigenvalue weighted by Crippen LogP contribution is 2.19. The molecule has 3 aromatic rings. The molecule has 29 heavy (non-hydrogen) atoms. The number of H-pyrrole nitrogens is 1. The molecule has 0 unspecified atom stereocenters.